The number of carboxylic acids is 1. The van der Waals surface area contributed by atoms with Crippen molar-refractivity contribution < 1.29 is 14.6 Å². The van der Waals surface area contributed by atoms with Crippen molar-refractivity contribution in [2.45, 2.75) is 19.4 Å². The predicted molar refractivity (Wildman–Crippen MR) is 70.5 cm³/mol. The summed E-state index contributed by atoms with van der Waals surface area (Å²) in [6, 6.07) is 10.1. The van der Waals surface area contributed by atoms with Crippen molar-refractivity contribution in [2.75, 3.05) is 26.8 Å². The van der Waals surface area contributed by atoms with Crippen LogP contribution in [0.3, 0.4) is 0 Å². The Bertz CT molecular complexity index is 340. The van der Waals surface area contributed by atoms with Crippen LogP contribution in [-0.2, 0) is 16.1 Å². The van der Waals surface area contributed by atoms with Gasteiger partial charge in [-0.15, -0.1) is 0 Å². The summed E-state index contributed by atoms with van der Waals surface area (Å²) in [5.74, 6) is -0.750. The van der Waals surface area contributed by atoms with Gasteiger partial charge in [-0.2, -0.15) is 0 Å². The van der Waals surface area contributed by atoms with Crippen LogP contribution in [-0.4, -0.2) is 42.8 Å². The van der Waals surface area contributed by atoms with Gasteiger partial charge in [0.05, 0.1) is 6.42 Å². The van der Waals surface area contributed by atoms with E-state index in [1.54, 1.807) is 7.11 Å². The van der Waals surface area contributed by atoms with Gasteiger partial charge < -0.3 is 9.84 Å². The summed E-state index contributed by atoms with van der Waals surface area (Å²) < 4.78 is 5.03. The molecule has 1 aromatic rings. The third-order valence-electron chi connectivity index (χ3n) is 2.71. The van der Waals surface area contributed by atoms with Crippen LogP contribution in [0, 0.1) is 0 Å². The third-order valence-corrected chi connectivity index (χ3v) is 2.71. The van der Waals surface area contributed by atoms with E-state index in [-0.39, 0.29) is 6.42 Å². The van der Waals surface area contributed by atoms with E-state index in [1.165, 1.54) is 5.56 Å². The number of hydrogen-bond donors (Lipinski definition) is 1. The molecule has 0 aliphatic heterocycles. The van der Waals surface area contributed by atoms with Gasteiger partial charge in [-0.25, -0.2) is 0 Å². The fourth-order valence-electron chi connectivity index (χ4n) is 1.80. The van der Waals surface area contributed by atoms with Gasteiger partial charge in [0.25, 0.3) is 0 Å². The highest BCUT2D eigenvalue weighted by molar-refractivity contribution is 5.66. The molecule has 0 spiro atoms. The maximum absolute atomic E-state index is 10.6. The van der Waals surface area contributed by atoms with Crippen molar-refractivity contribution in [3.8, 4) is 0 Å². The fraction of sp³-hybridized carbons (Fsp3) is 0.500. The van der Waals surface area contributed by atoms with E-state index in [9.17, 15) is 4.79 Å². The Labute approximate surface area is 108 Å². The number of hydrogen-bond acceptors (Lipinski definition) is 3. The van der Waals surface area contributed by atoms with Crippen molar-refractivity contribution >= 4 is 5.97 Å². The first-order valence-corrected chi connectivity index (χ1v) is 6.19. The van der Waals surface area contributed by atoms with E-state index in [1.807, 2.05) is 18.2 Å². The number of carboxylic acid groups (broad SMARTS) is 1. The Kier molecular flexibility index (Phi) is 7.06. The molecule has 1 rings (SSSR count). The lowest BCUT2D eigenvalue weighted by Crippen LogP contribution is -2.27. The van der Waals surface area contributed by atoms with E-state index in [0.717, 1.165) is 19.5 Å². The summed E-state index contributed by atoms with van der Waals surface area (Å²) >= 11 is 0. The molecule has 100 valence electrons. The molecular weight excluding hydrogens is 230 g/mol. The van der Waals surface area contributed by atoms with Gasteiger partial charge in [0, 0.05) is 33.4 Å². The van der Waals surface area contributed by atoms with Gasteiger partial charge in [-0.05, 0) is 12.0 Å². The lowest BCUT2D eigenvalue weighted by Gasteiger charge is -2.21. The monoisotopic (exact) mass is 251 g/mol. The second-order valence-corrected chi connectivity index (χ2v) is 4.25. The maximum atomic E-state index is 10.6. The Morgan fingerprint density at radius 3 is 2.61 bits per heavy atom. The van der Waals surface area contributed by atoms with Gasteiger partial charge in [0.2, 0.25) is 0 Å². The van der Waals surface area contributed by atoms with Gasteiger partial charge in [-0.1, -0.05) is 30.3 Å². The van der Waals surface area contributed by atoms with Crippen LogP contribution in [0.5, 0.6) is 0 Å². The Balaban J connectivity index is 2.45. The molecule has 0 saturated heterocycles. The molecule has 4 nitrogen and oxygen atoms in total. The minimum atomic E-state index is -0.750. The minimum Gasteiger partial charge on any atom is -0.481 e. The van der Waals surface area contributed by atoms with E-state index in [4.69, 9.17) is 9.84 Å². The van der Waals surface area contributed by atoms with E-state index < -0.39 is 5.97 Å². The molecule has 0 unspecified atom stereocenters. The van der Waals surface area contributed by atoms with Crippen molar-refractivity contribution in [3.05, 3.63) is 35.9 Å². The van der Waals surface area contributed by atoms with Crippen LogP contribution in [0.25, 0.3) is 0 Å². The van der Waals surface area contributed by atoms with Gasteiger partial charge in [-0.3, -0.25) is 9.69 Å². The van der Waals surface area contributed by atoms with Crippen LogP contribution >= 0.6 is 0 Å². The van der Waals surface area contributed by atoms with Crippen LogP contribution in [0.4, 0.5) is 0 Å². The summed E-state index contributed by atoms with van der Waals surface area (Å²) in [6.45, 7) is 2.93. The molecular formula is C14H21NO3. The van der Waals surface area contributed by atoms with Crippen LogP contribution in [0.2, 0.25) is 0 Å². The zero-order valence-electron chi connectivity index (χ0n) is 10.8. The molecule has 0 heterocycles. The lowest BCUT2D eigenvalue weighted by molar-refractivity contribution is -0.137. The van der Waals surface area contributed by atoms with Crippen LogP contribution in [0.1, 0.15) is 18.4 Å². The molecule has 1 N–H and O–H groups in total. The second kappa shape index (κ2) is 8.66. The largest absolute Gasteiger partial charge is 0.481 e. The van der Waals surface area contributed by atoms with Gasteiger partial charge in [0.1, 0.15) is 0 Å². The Morgan fingerprint density at radius 2 is 2.00 bits per heavy atom. The number of ether oxygens (including phenoxy) is 1. The number of aliphatic carboxylic acids is 1. The average Bonchev–Trinajstić information content (AvgIpc) is 2.37. The molecule has 0 fully saturated rings. The van der Waals surface area contributed by atoms with E-state index >= 15 is 0 Å². The van der Waals surface area contributed by atoms with Crippen molar-refractivity contribution in [2.24, 2.45) is 0 Å². The zero-order chi connectivity index (χ0) is 13.2. The highest BCUT2D eigenvalue weighted by Crippen LogP contribution is 2.06. The van der Waals surface area contributed by atoms with Crippen molar-refractivity contribution in [1.29, 1.82) is 0 Å². The number of rotatable bonds is 9. The van der Waals surface area contributed by atoms with Crippen molar-refractivity contribution in [1.82, 2.24) is 4.90 Å². The van der Waals surface area contributed by atoms with Crippen molar-refractivity contribution in [3.63, 3.8) is 0 Å². The number of carbonyl (C=O) groups is 1. The highest BCUT2D eigenvalue weighted by atomic mass is 16.5. The molecule has 0 saturated carbocycles. The van der Waals surface area contributed by atoms with Gasteiger partial charge in [0.15, 0.2) is 0 Å². The van der Waals surface area contributed by atoms with E-state index in [0.29, 0.717) is 13.2 Å². The molecule has 0 aromatic heterocycles. The fourth-order valence-corrected chi connectivity index (χ4v) is 1.80. The predicted octanol–water partition coefficient (Wildman–Crippen LogP) is 2.00. The second-order valence-electron chi connectivity index (χ2n) is 4.25. The average molecular weight is 251 g/mol. The normalized spacial score (nSPS) is 10.8. The minimum absolute atomic E-state index is 0.180. The molecule has 0 aliphatic carbocycles. The zero-order valence-corrected chi connectivity index (χ0v) is 10.8. The first-order chi connectivity index (χ1) is 8.72. The molecule has 4 heteroatoms. The first kappa shape index (κ1) is 14.7. The standard InChI is InChI=1S/C14H21NO3/c1-18-11-5-9-15(10-8-14(16)17)12-13-6-3-2-4-7-13/h2-4,6-7H,5,8-12H2,1H3,(H,16,17). The Morgan fingerprint density at radius 1 is 1.28 bits per heavy atom. The summed E-state index contributed by atoms with van der Waals surface area (Å²) in [6.07, 6.45) is 1.10. The molecule has 0 amide bonds. The summed E-state index contributed by atoms with van der Waals surface area (Å²) in [7, 11) is 1.68. The SMILES string of the molecule is COCCCN(CCC(=O)O)Cc1ccccc1. The van der Waals surface area contributed by atoms with E-state index in [2.05, 4.69) is 17.0 Å². The molecule has 1 aromatic carbocycles. The quantitative estimate of drug-likeness (QED) is 0.682. The topological polar surface area (TPSA) is 49.8 Å². The molecule has 0 radical (unpaired) electrons. The number of benzene rings is 1. The number of nitrogens with zero attached hydrogens (tertiary/aromatic N) is 1. The number of methoxy groups -OCH3 is 1. The molecule has 0 atom stereocenters. The van der Waals surface area contributed by atoms with Crippen LogP contribution in [0.15, 0.2) is 30.3 Å². The van der Waals surface area contributed by atoms with Crippen LogP contribution < -0.4 is 0 Å². The molecule has 0 bridgehead atoms. The Hall–Kier alpha value is -1.39. The summed E-state index contributed by atoms with van der Waals surface area (Å²) in [5, 5.41) is 8.75. The highest BCUT2D eigenvalue weighted by Gasteiger charge is 2.08. The third kappa shape index (κ3) is 6.37. The first-order valence-electron chi connectivity index (χ1n) is 6.19. The van der Waals surface area contributed by atoms with Gasteiger partial charge >= 0.3 is 5.97 Å². The molecule has 0 aliphatic rings. The lowest BCUT2D eigenvalue weighted by atomic mass is 10.2. The summed E-state index contributed by atoms with van der Waals surface area (Å²) in [5.41, 5.74) is 1.21. The molecule has 18 heavy (non-hydrogen) atoms. The maximum Gasteiger partial charge on any atom is 0.304 e. The smallest absolute Gasteiger partial charge is 0.304 e. The summed E-state index contributed by atoms with van der Waals surface area (Å²) in [4.78, 5) is 12.8.